The molecule has 0 spiro atoms. The van der Waals surface area contributed by atoms with E-state index in [4.69, 9.17) is 9.47 Å². The smallest absolute Gasteiger partial charge is 0.342 e. The molecule has 2 rings (SSSR count). The van der Waals surface area contributed by atoms with Crippen molar-refractivity contribution in [3.05, 3.63) is 63.2 Å². The van der Waals surface area contributed by atoms with E-state index in [9.17, 15) is 19.7 Å². The number of non-ortho nitro benzene ring substituents is 1. The van der Waals surface area contributed by atoms with Crippen LogP contribution >= 0.6 is 0 Å². The number of ether oxygens (including phenoxy) is 2. The molecule has 0 unspecified atom stereocenters. The standard InChI is InChI=1S/C18H18N2O6/c1-11-4-7-16(25-3)14(8-11)18(22)26-10-17(21)19-15-9-13(20(23)24)6-5-12(15)2/h4-9H,10H2,1-3H3,(H,19,21). The Bertz CT molecular complexity index is 863. The first-order chi connectivity index (χ1) is 12.3. The van der Waals surface area contributed by atoms with Crippen LogP contribution in [0.1, 0.15) is 21.5 Å². The zero-order valence-corrected chi connectivity index (χ0v) is 14.6. The minimum atomic E-state index is -0.698. The van der Waals surface area contributed by atoms with Crippen LogP contribution in [-0.2, 0) is 9.53 Å². The number of aryl methyl sites for hydroxylation is 2. The lowest BCUT2D eigenvalue weighted by Gasteiger charge is -2.11. The van der Waals surface area contributed by atoms with Gasteiger partial charge in [-0.3, -0.25) is 14.9 Å². The highest BCUT2D eigenvalue weighted by molar-refractivity contribution is 5.97. The van der Waals surface area contributed by atoms with Crippen LogP contribution in [0.15, 0.2) is 36.4 Å². The molecule has 1 N–H and O–H groups in total. The lowest BCUT2D eigenvalue weighted by Crippen LogP contribution is -2.21. The molecule has 0 bridgehead atoms. The van der Waals surface area contributed by atoms with E-state index in [1.807, 2.05) is 6.92 Å². The number of nitrogens with zero attached hydrogens (tertiary/aromatic N) is 1. The zero-order valence-electron chi connectivity index (χ0n) is 14.6. The molecule has 0 aromatic heterocycles. The Morgan fingerprint density at radius 1 is 1.15 bits per heavy atom. The third-order valence-corrected chi connectivity index (χ3v) is 3.62. The predicted molar refractivity (Wildman–Crippen MR) is 94.5 cm³/mol. The van der Waals surface area contributed by atoms with Gasteiger partial charge in [0.1, 0.15) is 11.3 Å². The lowest BCUT2D eigenvalue weighted by atomic mass is 10.1. The Morgan fingerprint density at radius 3 is 2.54 bits per heavy atom. The van der Waals surface area contributed by atoms with Gasteiger partial charge in [0.05, 0.1) is 17.7 Å². The highest BCUT2D eigenvalue weighted by Crippen LogP contribution is 2.22. The molecule has 0 aliphatic heterocycles. The summed E-state index contributed by atoms with van der Waals surface area (Å²) in [6.45, 7) is 2.98. The fourth-order valence-electron chi connectivity index (χ4n) is 2.23. The number of amides is 1. The van der Waals surface area contributed by atoms with Crippen molar-refractivity contribution >= 4 is 23.3 Å². The van der Waals surface area contributed by atoms with Gasteiger partial charge < -0.3 is 14.8 Å². The number of nitro benzene ring substituents is 1. The van der Waals surface area contributed by atoms with Crippen molar-refractivity contribution in [2.45, 2.75) is 13.8 Å². The highest BCUT2D eigenvalue weighted by atomic mass is 16.6. The van der Waals surface area contributed by atoms with E-state index in [2.05, 4.69) is 5.32 Å². The van der Waals surface area contributed by atoms with E-state index in [0.29, 0.717) is 11.3 Å². The summed E-state index contributed by atoms with van der Waals surface area (Å²) >= 11 is 0. The van der Waals surface area contributed by atoms with Crippen LogP contribution in [0, 0.1) is 24.0 Å². The van der Waals surface area contributed by atoms with E-state index in [-0.39, 0.29) is 16.9 Å². The molecule has 8 heteroatoms. The third kappa shape index (κ3) is 4.56. The Hall–Kier alpha value is -3.42. The molecule has 26 heavy (non-hydrogen) atoms. The number of nitro groups is 1. The molecule has 0 saturated carbocycles. The van der Waals surface area contributed by atoms with Gasteiger partial charge in [0, 0.05) is 12.1 Å². The number of methoxy groups -OCH3 is 1. The van der Waals surface area contributed by atoms with Crippen molar-refractivity contribution < 1.29 is 24.0 Å². The van der Waals surface area contributed by atoms with E-state index in [1.54, 1.807) is 25.1 Å². The maximum atomic E-state index is 12.2. The highest BCUT2D eigenvalue weighted by Gasteiger charge is 2.16. The first kappa shape index (κ1) is 18.9. The number of anilines is 1. The maximum absolute atomic E-state index is 12.2. The monoisotopic (exact) mass is 358 g/mol. The largest absolute Gasteiger partial charge is 0.496 e. The van der Waals surface area contributed by atoms with Gasteiger partial charge in [-0.2, -0.15) is 0 Å². The molecule has 0 aliphatic rings. The molecule has 0 heterocycles. The molecular formula is C18H18N2O6. The summed E-state index contributed by atoms with van der Waals surface area (Å²) in [7, 11) is 1.43. The van der Waals surface area contributed by atoms with Gasteiger partial charge in [-0.15, -0.1) is 0 Å². The molecule has 0 fully saturated rings. The molecule has 136 valence electrons. The number of esters is 1. The van der Waals surface area contributed by atoms with Crippen molar-refractivity contribution in [2.75, 3.05) is 19.0 Å². The number of rotatable bonds is 6. The molecule has 0 atom stereocenters. The van der Waals surface area contributed by atoms with E-state index < -0.39 is 23.4 Å². The number of nitrogens with one attached hydrogen (secondary N) is 1. The van der Waals surface area contributed by atoms with Crippen molar-refractivity contribution in [1.82, 2.24) is 0 Å². The van der Waals surface area contributed by atoms with Gasteiger partial charge in [0.15, 0.2) is 6.61 Å². The summed E-state index contributed by atoms with van der Waals surface area (Å²) in [5, 5.41) is 13.3. The quantitative estimate of drug-likeness (QED) is 0.483. The van der Waals surface area contributed by atoms with Gasteiger partial charge in [-0.05, 0) is 31.5 Å². The summed E-state index contributed by atoms with van der Waals surface area (Å²) in [6, 6.07) is 9.14. The second kappa shape index (κ2) is 8.11. The summed E-state index contributed by atoms with van der Waals surface area (Å²) in [6.07, 6.45) is 0. The normalized spacial score (nSPS) is 10.1. The Morgan fingerprint density at radius 2 is 1.88 bits per heavy atom. The van der Waals surface area contributed by atoms with Crippen LogP contribution < -0.4 is 10.1 Å². The third-order valence-electron chi connectivity index (χ3n) is 3.62. The molecule has 0 saturated heterocycles. The van der Waals surface area contributed by atoms with Crippen molar-refractivity contribution in [3.8, 4) is 5.75 Å². The van der Waals surface area contributed by atoms with Crippen LogP contribution in [0.5, 0.6) is 5.75 Å². The molecule has 2 aromatic rings. The molecule has 2 aromatic carbocycles. The van der Waals surface area contributed by atoms with Crippen LogP contribution in [0.4, 0.5) is 11.4 Å². The minimum Gasteiger partial charge on any atom is -0.496 e. The van der Waals surface area contributed by atoms with Crippen LogP contribution in [0.2, 0.25) is 0 Å². The predicted octanol–water partition coefficient (Wildman–Crippen LogP) is 3.02. The average molecular weight is 358 g/mol. The van der Waals surface area contributed by atoms with Gasteiger partial charge in [-0.25, -0.2) is 4.79 Å². The van der Waals surface area contributed by atoms with Crippen LogP contribution in [0.25, 0.3) is 0 Å². The summed E-state index contributed by atoms with van der Waals surface area (Å²) < 4.78 is 10.1. The number of hydrogen-bond acceptors (Lipinski definition) is 6. The first-order valence-electron chi connectivity index (χ1n) is 7.68. The minimum absolute atomic E-state index is 0.146. The lowest BCUT2D eigenvalue weighted by molar-refractivity contribution is -0.384. The topological polar surface area (TPSA) is 108 Å². The number of benzene rings is 2. The van der Waals surface area contributed by atoms with Crippen molar-refractivity contribution in [1.29, 1.82) is 0 Å². The molecule has 8 nitrogen and oxygen atoms in total. The fraction of sp³-hybridized carbons (Fsp3) is 0.222. The second-order valence-corrected chi connectivity index (χ2v) is 5.58. The van der Waals surface area contributed by atoms with Gasteiger partial charge in [0.25, 0.3) is 11.6 Å². The Kier molecular flexibility index (Phi) is 5.90. The number of carbonyl (C=O) groups excluding carboxylic acids is 2. The van der Waals surface area contributed by atoms with Gasteiger partial charge >= 0.3 is 5.97 Å². The maximum Gasteiger partial charge on any atom is 0.342 e. The average Bonchev–Trinajstić information content (AvgIpc) is 2.61. The van der Waals surface area contributed by atoms with E-state index in [1.165, 1.54) is 25.3 Å². The number of hydrogen-bond donors (Lipinski definition) is 1. The van der Waals surface area contributed by atoms with Crippen LogP contribution in [-0.4, -0.2) is 30.5 Å². The van der Waals surface area contributed by atoms with Crippen molar-refractivity contribution in [3.63, 3.8) is 0 Å². The second-order valence-electron chi connectivity index (χ2n) is 5.58. The molecular weight excluding hydrogens is 340 g/mol. The van der Waals surface area contributed by atoms with E-state index in [0.717, 1.165) is 5.56 Å². The fourth-order valence-corrected chi connectivity index (χ4v) is 2.23. The zero-order chi connectivity index (χ0) is 19.3. The van der Waals surface area contributed by atoms with Crippen LogP contribution in [0.3, 0.4) is 0 Å². The van der Waals surface area contributed by atoms with Gasteiger partial charge in [0.2, 0.25) is 0 Å². The summed E-state index contributed by atoms with van der Waals surface area (Å²) in [5.74, 6) is -0.958. The SMILES string of the molecule is COc1ccc(C)cc1C(=O)OCC(=O)Nc1cc([N+](=O)[O-])ccc1C. The molecule has 0 aliphatic carbocycles. The summed E-state index contributed by atoms with van der Waals surface area (Å²) in [4.78, 5) is 34.5. The molecule has 1 amide bonds. The Balaban J connectivity index is 2.03. The molecule has 0 radical (unpaired) electrons. The van der Waals surface area contributed by atoms with Crippen molar-refractivity contribution in [2.24, 2.45) is 0 Å². The van der Waals surface area contributed by atoms with Gasteiger partial charge in [-0.1, -0.05) is 17.7 Å². The Labute approximate surface area is 149 Å². The van der Waals surface area contributed by atoms with E-state index >= 15 is 0 Å². The first-order valence-corrected chi connectivity index (χ1v) is 7.68. The number of carbonyl (C=O) groups is 2. The summed E-state index contributed by atoms with van der Waals surface area (Å²) in [5.41, 5.74) is 1.85.